The van der Waals surface area contributed by atoms with Crippen molar-refractivity contribution in [3.63, 3.8) is 0 Å². The van der Waals surface area contributed by atoms with Gasteiger partial charge in [-0.25, -0.2) is 4.98 Å². The zero-order valence-corrected chi connectivity index (χ0v) is 9.39. The van der Waals surface area contributed by atoms with Crippen molar-refractivity contribution < 1.29 is 4.74 Å². The summed E-state index contributed by atoms with van der Waals surface area (Å²) in [5.41, 5.74) is 7.10. The minimum absolute atomic E-state index is 0.124. The first-order valence-corrected chi connectivity index (χ1v) is 5.57. The molecule has 2 atom stereocenters. The van der Waals surface area contributed by atoms with Crippen molar-refractivity contribution in [1.29, 1.82) is 0 Å². The van der Waals surface area contributed by atoms with Gasteiger partial charge in [0.1, 0.15) is 6.10 Å². The summed E-state index contributed by atoms with van der Waals surface area (Å²) in [6.07, 6.45) is 5.75. The summed E-state index contributed by atoms with van der Waals surface area (Å²) in [6.45, 7) is 5.05. The van der Waals surface area contributed by atoms with E-state index in [0.717, 1.165) is 25.1 Å². The molecule has 15 heavy (non-hydrogen) atoms. The number of nitrogens with zero attached hydrogens (tertiary/aromatic N) is 2. The monoisotopic (exact) mass is 209 g/mol. The summed E-state index contributed by atoms with van der Waals surface area (Å²) in [6, 6.07) is 0.684. The predicted molar refractivity (Wildman–Crippen MR) is 58.5 cm³/mol. The summed E-state index contributed by atoms with van der Waals surface area (Å²) in [7, 11) is 0. The van der Waals surface area contributed by atoms with Crippen LogP contribution in [-0.2, 0) is 4.74 Å². The molecule has 2 unspecified atom stereocenters. The van der Waals surface area contributed by atoms with Gasteiger partial charge in [0, 0.05) is 18.7 Å². The number of imidazole rings is 1. The Bertz CT molecular complexity index is 321. The van der Waals surface area contributed by atoms with Gasteiger partial charge in [-0.1, -0.05) is 0 Å². The van der Waals surface area contributed by atoms with Crippen molar-refractivity contribution in [2.75, 3.05) is 6.61 Å². The van der Waals surface area contributed by atoms with Crippen molar-refractivity contribution in [1.82, 2.24) is 9.55 Å². The van der Waals surface area contributed by atoms with Crippen LogP contribution in [0.25, 0.3) is 0 Å². The molecule has 2 N–H and O–H groups in total. The van der Waals surface area contributed by atoms with Crippen LogP contribution in [0.5, 0.6) is 0 Å². The highest BCUT2D eigenvalue weighted by molar-refractivity contribution is 5.06. The van der Waals surface area contributed by atoms with Crippen LogP contribution < -0.4 is 5.73 Å². The lowest BCUT2D eigenvalue weighted by Crippen LogP contribution is -2.31. The average Bonchev–Trinajstić information content (AvgIpc) is 2.65. The second-order valence-electron chi connectivity index (χ2n) is 4.46. The molecular formula is C11H19N3O. The van der Waals surface area contributed by atoms with Crippen molar-refractivity contribution in [2.24, 2.45) is 5.73 Å². The van der Waals surface area contributed by atoms with Gasteiger partial charge in [0.05, 0.1) is 18.2 Å². The first-order valence-electron chi connectivity index (χ1n) is 5.57. The quantitative estimate of drug-likeness (QED) is 0.805. The van der Waals surface area contributed by atoms with Crippen LogP contribution >= 0.6 is 0 Å². The zero-order valence-electron chi connectivity index (χ0n) is 9.39. The highest BCUT2D eigenvalue weighted by Gasteiger charge is 2.24. The summed E-state index contributed by atoms with van der Waals surface area (Å²) in [4.78, 5) is 4.19. The molecule has 0 spiro atoms. The lowest BCUT2D eigenvalue weighted by molar-refractivity contribution is 0.00157. The molecule has 0 aromatic carbocycles. The van der Waals surface area contributed by atoms with Crippen LogP contribution in [0.2, 0.25) is 0 Å². The fourth-order valence-corrected chi connectivity index (χ4v) is 2.02. The highest BCUT2D eigenvalue weighted by Crippen LogP contribution is 2.28. The Hall–Kier alpha value is -0.870. The molecule has 0 aliphatic carbocycles. The third-order valence-electron chi connectivity index (χ3n) is 2.91. The molecule has 0 amide bonds. The number of nitrogens with two attached hydrogens (primary N) is 1. The number of aromatic nitrogens is 2. The van der Waals surface area contributed by atoms with Gasteiger partial charge >= 0.3 is 0 Å². The van der Waals surface area contributed by atoms with E-state index >= 15 is 0 Å². The molecule has 2 heterocycles. The van der Waals surface area contributed by atoms with Gasteiger partial charge in [0.15, 0.2) is 0 Å². The van der Waals surface area contributed by atoms with Crippen LogP contribution in [0.15, 0.2) is 12.5 Å². The van der Waals surface area contributed by atoms with Crippen LogP contribution in [0.3, 0.4) is 0 Å². The molecule has 1 aromatic heterocycles. The third kappa shape index (κ3) is 2.21. The van der Waals surface area contributed by atoms with Crippen molar-refractivity contribution >= 4 is 0 Å². The van der Waals surface area contributed by atoms with E-state index in [0.29, 0.717) is 6.04 Å². The summed E-state index contributed by atoms with van der Waals surface area (Å²) >= 11 is 0. The highest BCUT2D eigenvalue weighted by atomic mass is 16.5. The van der Waals surface area contributed by atoms with Gasteiger partial charge in [-0.05, 0) is 26.7 Å². The fourth-order valence-electron chi connectivity index (χ4n) is 2.02. The number of hydrogen-bond acceptors (Lipinski definition) is 3. The van der Waals surface area contributed by atoms with E-state index in [9.17, 15) is 0 Å². The first kappa shape index (κ1) is 10.6. The molecule has 0 radical (unpaired) electrons. The van der Waals surface area contributed by atoms with Gasteiger partial charge < -0.3 is 15.0 Å². The molecule has 2 rings (SSSR count). The maximum Gasteiger partial charge on any atom is 0.100 e. The Balaban J connectivity index is 2.17. The molecule has 1 aliphatic heterocycles. The van der Waals surface area contributed by atoms with Gasteiger partial charge in [-0.15, -0.1) is 0 Å². The van der Waals surface area contributed by atoms with E-state index in [4.69, 9.17) is 10.5 Å². The maximum atomic E-state index is 5.95. The van der Waals surface area contributed by atoms with Crippen LogP contribution in [0, 0.1) is 0 Å². The molecule has 1 fully saturated rings. The zero-order chi connectivity index (χ0) is 10.8. The van der Waals surface area contributed by atoms with Crippen LogP contribution in [0.4, 0.5) is 0 Å². The summed E-state index contributed by atoms with van der Waals surface area (Å²) < 4.78 is 7.90. The summed E-state index contributed by atoms with van der Waals surface area (Å²) in [5.74, 6) is 0. The second kappa shape index (κ2) is 4.33. The Morgan fingerprint density at radius 3 is 3.07 bits per heavy atom. The van der Waals surface area contributed by atoms with Gasteiger partial charge in [0.25, 0.3) is 0 Å². The van der Waals surface area contributed by atoms with E-state index in [1.165, 1.54) is 0 Å². The van der Waals surface area contributed by atoms with Gasteiger partial charge in [-0.2, -0.15) is 0 Å². The second-order valence-corrected chi connectivity index (χ2v) is 4.46. The maximum absolute atomic E-state index is 5.95. The predicted octanol–water partition coefficient (Wildman–Crippen LogP) is 1.64. The van der Waals surface area contributed by atoms with E-state index in [-0.39, 0.29) is 12.1 Å². The number of rotatable bonds is 2. The van der Waals surface area contributed by atoms with Gasteiger partial charge in [0.2, 0.25) is 0 Å². The largest absolute Gasteiger partial charge is 0.372 e. The van der Waals surface area contributed by atoms with Crippen LogP contribution in [0.1, 0.15) is 44.5 Å². The minimum Gasteiger partial charge on any atom is -0.372 e. The molecule has 0 bridgehead atoms. The molecule has 4 nitrogen and oxygen atoms in total. The van der Waals surface area contributed by atoms with Crippen molar-refractivity contribution in [2.45, 2.75) is 44.9 Å². The smallest absolute Gasteiger partial charge is 0.100 e. The topological polar surface area (TPSA) is 53.1 Å². The Labute approximate surface area is 90.4 Å². The van der Waals surface area contributed by atoms with E-state index in [1.54, 1.807) is 0 Å². The van der Waals surface area contributed by atoms with E-state index in [1.807, 2.05) is 12.5 Å². The normalized spacial score (nSPS) is 27.2. The fraction of sp³-hybridized carbons (Fsp3) is 0.727. The Morgan fingerprint density at radius 1 is 1.60 bits per heavy atom. The van der Waals surface area contributed by atoms with Crippen molar-refractivity contribution in [3.05, 3.63) is 18.2 Å². The molecule has 84 valence electrons. The lowest BCUT2D eigenvalue weighted by atomic mass is 10.0. The number of ether oxygens (including phenoxy) is 1. The Morgan fingerprint density at radius 2 is 2.40 bits per heavy atom. The lowest BCUT2D eigenvalue weighted by Gasteiger charge is -2.28. The molecule has 1 aliphatic rings. The SMILES string of the molecule is CC(C)n1cncc1C1CC(N)CCO1. The molecule has 4 heteroatoms. The van der Waals surface area contributed by atoms with E-state index in [2.05, 4.69) is 23.4 Å². The standard InChI is InChI=1S/C11H19N3O/c1-8(2)14-7-13-6-10(14)11-5-9(12)3-4-15-11/h6-9,11H,3-5,12H2,1-2H3. The third-order valence-corrected chi connectivity index (χ3v) is 2.91. The number of hydrogen-bond donors (Lipinski definition) is 1. The average molecular weight is 209 g/mol. The minimum atomic E-state index is 0.124. The molecule has 1 aromatic rings. The first-order chi connectivity index (χ1) is 7.18. The van der Waals surface area contributed by atoms with Crippen molar-refractivity contribution in [3.8, 4) is 0 Å². The van der Waals surface area contributed by atoms with Crippen LogP contribution in [-0.4, -0.2) is 22.2 Å². The molecule has 0 saturated carbocycles. The summed E-state index contributed by atoms with van der Waals surface area (Å²) in [5, 5.41) is 0. The van der Waals surface area contributed by atoms with Gasteiger partial charge in [-0.3, -0.25) is 0 Å². The Kier molecular flexibility index (Phi) is 3.07. The molecular weight excluding hydrogens is 190 g/mol. The molecule has 1 saturated heterocycles. The van der Waals surface area contributed by atoms with E-state index < -0.39 is 0 Å².